The standard InChI is InChI=1S/C30H35N3O3/c1-23-16-18-24(19-17-23)36-22-10-21-33-27-13-7-6-12-26(27)32-29(33)15-4-3-9-20-31-30(34)25-11-5-8-14-28(25)35-2/h5-8,11-14,16-19H,3-4,9-10,15,20-22H2,1-2H3,(H,31,34). The Labute approximate surface area is 213 Å². The zero-order chi connectivity index (χ0) is 25.2. The van der Waals surface area contributed by atoms with E-state index >= 15 is 0 Å². The van der Waals surface area contributed by atoms with Gasteiger partial charge in [-0.05, 0) is 62.6 Å². The van der Waals surface area contributed by atoms with Gasteiger partial charge in [0.2, 0.25) is 0 Å². The molecule has 0 bridgehead atoms. The lowest BCUT2D eigenvalue weighted by Gasteiger charge is -2.11. The summed E-state index contributed by atoms with van der Waals surface area (Å²) in [4.78, 5) is 17.3. The second-order valence-electron chi connectivity index (χ2n) is 8.95. The summed E-state index contributed by atoms with van der Waals surface area (Å²) in [5.41, 5.74) is 4.01. The summed E-state index contributed by atoms with van der Waals surface area (Å²) >= 11 is 0. The first-order chi connectivity index (χ1) is 17.7. The predicted octanol–water partition coefficient (Wildman–Crippen LogP) is 5.97. The molecule has 0 aliphatic rings. The van der Waals surface area contributed by atoms with Gasteiger partial charge in [0.25, 0.3) is 5.91 Å². The molecule has 4 aromatic rings. The molecule has 4 rings (SSSR count). The van der Waals surface area contributed by atoms with Crippen molar-refractivity contribution >= 4 is 16.9 Å². The SMILES string of the molecule is COc1ccccc1C(=O)NCCCCCc1nc2ccccc2n1CCCOc1ccc(C)cc1. The van der Waals surface area contributed by atoms with Gasteiger partial charge in [-0.25, -0.2) is 4.98 Å². The highest BCUT2D eigenvalue weighted by atomic mass is 16.5. The van der Waals surface area contributed by atoms with Crippen molar-refractivity contribution in [3.8, 4) is 11.5 Å². The Morgan fingerprint density at radius 2 is 1.69 bits per heavy atom. The minimum atomic E-state index is -0.0953. The van der Waals surface area contributed by atoms with Gasteiger partial charge in [-0.15, -0.1) is 0 Å². The third-order valence-corrected chi connectivity index (χ3v) is 6.26. The normalized spacial score (nSPS) is 10.9. The number of hydrogen-bond acceptors (Lipinski definition) is 4. The number of hydrogen-bond donors (Lipinski definition) is 1. The number of rotatable bonds is 13. The van der Waals surface area contributed by atoms with Gasteiger partial charge in [0.1, 0.15) is 17.3 Å². The van der Waals surface area contributed by atoms with Crippen molar-refractivity contribution in [2.75, 3.05) is 20.3 Å². The van der Waals surface area contributed by atoms with Gasteiger partial charge in [0.05, 0.1) is 30.3 Å². The average molecular weight is 486 g/mol. The summed E-state index contributed by atoms with van der Waals surface area (Å²) in [6.45, 7) is 4.26. The van der Waals surface area contributed by atoms with Crippen LogP contribution < -0.4 is 14.8 Å². The van der Waals surface area contributed by atoms with E-state index < -0.39 is 0 Å². The summed E-state index contributed by atoms with van der Waals surface area (Å²) in [7, 11) is 1.58. The highest BCUT2D eigenvalue weighted by Gasteiger charge is 2.12. The molecule has 0 aliphatic carbocycles. The quantitative estimate of drug-likeness (QED) is 0.237. The van der Waals surface area contributed by atoms with Crippen molar-refractivity contribution in [2.24, 2.45) is 0 Å². The van der Waals surface area contributed by atoms with E-state index in [1.807, 2.05) is 30.3 Å². The summed E-state index contributed by atoms with van der Waals surface area (Å²) < 4.78 is 13.5. The number of carbonyl (C=O) groups is 1. The van der Waals surface area contributed by atoms with E-state index in [0.717, 1.165) is 55.7 Å². The van der Waals surface area contributed by atoms with E-state index in [2.05, 4.69) is 47.1 Å². The molecule has 0 spiro atoms. The van der Waals surface area contributed by atoms with Gasteiger partial charge in [-0.2, -0.15) is 0 Å². The number of nitrogens with zero attached hydrogens (tertiary/aromatic N) is 2. The monoisotopic (exact) mass is 485 g/mol. The van der Waals surface area contributed by atoms with Crippen molar-refractivity contribution in [3.05, 3.63) is 89.7 Å². The van der Waals surface area contributed by atoms with Gasteiger partial charge < -0.3 is 19.4 Å². The molecule has 0 aliphatic heterocycles. The molecular formula is C30H35N3O3. The zero-order valence-corrected chi connectivity index (χ0v) is 21.2. The van der Waals surface area contributed by atoms with Gasteiger partial charge in [0, 0.05) is 19.5 Å². The number of aromatic nitrogens is 2. The van der Waals surface area contributed by atoms with E-state index in [-0.39, 0.29) is 5.91 Å². The van der Waals surface area contributed by atoms with Crippen molar-refractivity contribution in [1.29, 1.82) is 0 Å². The maximum Gasteiger partial charge on any atom is 0.255 e. The number of carbonyl (C=O) groups excluding carboxylic acids is 1. The smallest absolute Gasteiger partial charge is 0.255 e. The number of para-hydroxylation sites is 3. The fourth-order valence-electron chi connectivity index (χ4n) is 4.33. The molecule has 36 heavy (non-hydrogen) atoms. The molecule has 0 saturated carbocycles. The molecule has 188 valence electrons. The summed E-state index contributed by atoms with van der Waals surface area (Å²) in [5, 5.41) is 3.00. The van der Waals surface area contributed by atoms with Crippen LogP contribution in [-0.4, -0.2) is 35.7 Å². The third kappa shape index (κ3) is 6.66. The molecule has 1 aromatic heterocycles. The Bertz CT molecular complexity index is 1260. The Hall–Kier alpha value is -3.80. The zero-order valence-electron chi connectivity index (χ0n) is 21.2. The van der Waals surface area contributed by atoms with Crippen molar-refractivity contribution < 1.29 is 14.3 Å². The first-order valence-electron chi connectivity index (χ1n) is 12.7. The van der Waals surface area contributed by atoms with E-state index in [1.165, 1.54) is 11.1 Å². The number of aryl methyl sites for hydroxylation is 3. The van der Waals surface area contributed by atoms with Crippen molar-refractivity contribution in [3.63, 3.8) is 0 Å². The Kier molecular flexibility index (Phi) is 8.98. The van der Waals surface area contributed by atoms with E-state index in [1.54, 1.807) is 19.2 Å². The van der Waals surface area contributed by atoms with Crippen LogP contribution in [0.25, 0.3) is 11.0 Å². The highest BCUT2D eigenvalue weighted by molar-refractivity contribution is 5.96. The van der Waals surface area contributed by atoms with Gasteiger partial charge in [-0.1, -0.05) is 48.4 Å². The number of imidazole rings is 1. The molecule has 3 aromatic carbocycles. The first-order valence-corrected chi connectivity index (χ1v) is 12.7. The molecule has 1 amide bonds. The minimum Gasteiger partial charge on any atom is -0.496 e. The average Bonchev–Trinajstić information content (AvgIpc) is 3.26. The topological polar surface area (TPSA) is 65.4 Å². The molecule has 0 fully saturated rings. The molecule has 0 atom stereocenters. The largest absolute Gasteiger partial charge is 0.496 e. The van der Waals surface area contributed by atoms with Crippen LogP contribution in [0.1, 0.15) is 47.4 Å². The lowest BCUT2D eigenvalue weighted by atomic mass is 10.1. The molecular weight excluding hydrogens is 450 g/mol. The van der Waals surface area contributed by atoms with Crippen molar-refractivity contribution in [2.45, 2.75) is 45.6 Å². The number of unbranched alkanes of at least 4 members (excludes halogenated alkanes) is 2. The van der Waals surface area contributed by atoms with Crippen LogP contribution in [0.5, 0.6) is 11.5 Å². The van der Waals surface area contributed by atoms with Gasteiger partial charge >= 0.3 is 0 Å². The molecule has 0 saturated heterocycles. The Morgan fingerprint density at radius 3 is 2.53 bits per heavy atom. The molecule has 1 N–H and O–H groups in total. The second-order valence-corrected chi connectivity index (χ2v) is 8.95. The summed E-state index contributed by atoms with van der Waals surface area (Å²) in [6.07, 6.45) is 4.79. The number of nitrogens with one attached hydrogen (secondary N) is 1. The maximum atomic E-state index is 12.4. The molecule has 0 radical (unpaired) electrons. The fourth-order valence-corrected chi connectivity index (χ4v) is 4.33. The van der Waals surface area contributed by atoms with Crippen LogP contribution in [-0.2, 0) is 13.0 Å². The van der Waals surface area contributed by atoms with E-state index in [9.17, 15) is 4.79 Å². The minimum absolute atomic E-state index is 0.0953. The molecule has 6 nitrogen and oxygen atoms in total. The second kappa shape index (κ2) is 12.8. The highest BCUT2D eigenvalue weighted by Crippen LogP contribution is 2.20. The van der Waals surface area contributed by atoms with Crippen molar-refractivity contribution in [1.82, 2.24) is 14.9 Å². The lowest BCUT2D eigenvalue weighted by molar-refractivity contribution is 0.0950. The maximum absolute atomic E-state index is 12.4. The third-order valence-electron chi connectivity index (χ3n) is 6.26. The van der Waals surface area contributed by atoms with Gasteiger partial charge in [-0.3, -0.25) is 4.79 Å². The van der Waals surface area contributed by atoms with Crippen LogP contribution in [0.15, 0.2) is 72.8 Å². The first kappa shape index (κ1) is 25.3. The Balaban J connectivity index is 1.24. The molecule has 0 unspecified atom stereocenters. The number of methoxy groups -OCH3 is 1. The summed E-state index contributed by atoms with van der Waals surface area (Å²) in [5.74, 6) is 2.53. The molecule has 1 heterocycles. The van der Waals surface area contributed by atoms with Crippen LogP contribution in [0.3, 0.4) is 0 Å². The molecule has 6 heteroatoms. The fraction of sp³-hybridized carbons (Fsp3) is 0.333. The van der Waals surface area contributed by atoms with Gasteiger partial charge in [0.15, 0.2) is 0 Å². The van der Waals surface area contributed by atoms with E-state index in [0.29, 0.717) is 24.5 Å². The van der Waals surface area contributed by atoms with E-state index in [4.69, 9.17) is 14.5 Å². The Morgan fingerprint density at radius 1 is 0.917 bits per heavy atom. The van der Waals surface area contributed by atoms with Crippen LogP contribution >= 0.6 is 0 Å². The lowest BCUT2D eigenvalue weighted by Crippen LogP contribution is -2.24. The van der Waals surface area contributed by atoms with Crippen LogP contribution in [0.4, 0.5) is 0 Å². The summed E-state index contributed by atoms with van der Waals surface area (Å²) in [6, 6.07) is 23.8. The van der Waals surface area contributed by atoms with Crippen LogP contribution in [0, 0.1) is 6.92 Å². The van der Waals surface area contributed by atoms with Crippen LogP contribution in [0.2, 0.25) is 0 Å². The number of benzene rings is 3. The number of fused-ring (bicyclic) bond motifs is 1. The predicted molar refractivity (Wildman–Crippen MR) is 144 cm³/mol. The number of amides is 1. The number of ether oxygens (including phenoxy) is 2.